The zero-order valence-electron chi connectivity index (χ0n) is 14.5. The number of non-ortho nitro benzene ring substituents is 1. The van der Waals surface area contributed by atoms with Gasteiger partial charge in [-0.15, -0.1) is 0 Å². The number of carbonyl (C=O) groups excluding carboxylic acids is 2. The summed E-state index contributed by atoms with van der Waals surface area (Å²) in [5, 5.41) is 16.1. The standard InChI is InChI=1S/C18H20N4O4/c1-21(2)17(23)12-16(13-7-4-3-5-8-13)20-18(24)19-14-9-6-10-15(11-14)22(25)26/h3-11,16H,12H2,1-2H3,(H2,19,20,24)/t16-/m0/s1. The highest BCUT2D eigenvalue weighted by Crippen LogP contribution is 2.19. The van der Waals surface area contributed by atoms with Crippen molar-refractivity contribution in [3.8, 4) is 0 Å². The lowest BCUT2D eigenvalue weighted by Gasteiger charge is -2.21. The van der Waals surface area contributed by atoms with Crippen molar-refractivity contribution >= 4 is 23.3 Å². The Morgan fingerprint density at radius 2 is 1.81 bits per heavy atom. The molecule has 2 rings (SSSR count). The van der Waals surface area contributed by atoms with Gasteiger partial charge in [0, 0.05) is 31.9 Å². The average molecular weight is 356 g/mol. The molecule has 0 bridgehead atoms. The van der Waals surface area contributed by atoms with E-state index in [-0.39, 0.29) is 18.0 Å². The lowest BCUT2D eigenvalue weighted by Crippen LogP contribution is -2.36. The van der Waals surface area contributed by atoms with E-state index in [9.17, 15) is 19.7 Å². The van der Waals surface area contributed by atoms with E-state index in [2.05, 4.69) is 10.6 Å². The van der Waals surface area contributed by atoms with Crippen LogP contribution in [-0.4, -0.2) is 35.9 Å². The molecular formula is C18H20N4O4. The molecule has 0 saturated carbocycles. The molecule has 0 heterocycles. The maximum absolute atomic E-state index is 12.3. The molecule has 0 aliphatic carbocycles. The second-order valence-corrected chi connectivity index (χ2v) is 5.86. The van der Waals surface area contributed by atoms with Gasteiger partial charge >= 0.3 is 6.03 Å². The second kappa shape index (κ2) is 8.61. The fourth-order valence-corrected chi connectivity index (χ4v) is 2.32. The quantitative estimate of drug-likeness (QED) is 0.613. The summed E-state index contributed by atoms with van der Waals surface area (Å²) in [6.45, 7) is 0. The van der Waals surface area contributed by atoms with Gasteiger partial charge in [-0.05, 0) is 11.6 Å². The Balaban J connectivity index is 2.12. The molecule has 8 heteroatoms. The number of rotatable bonds is 6. The molecule has 0 fully saturated rings. The maximum Gasteiger partial charge on any atom is 0.319 e. The number of nitro benzene ring substituents is 1. The van der Waals surface area contributed by atoms with E-state index in [1.54, 1.807) is 20.2 Å². The number of nitrogens with zero attached hydrogens (tertiary/aromatic N) is 2. The van der Waals surface area contributed by atoms with Gasteiger partial charge in [0.2, 0.25) is 5.91 Å². The summed E-state index contributed by atoms with van der Waals surface area (Å²) in [7, 11) is 3.29. The van der Waals surface area contributed by atoms with Crippen molar-refractivity contribution in [1.29, 1.82) is 0 Å². The predicted octanol–water partition coefficient (Wildman–Crippen LogP) is 2.94. The lowest BCUT2D eigenvalue weighted by molar-refractivity contribution is -0.384. The van der Waals surface area contributed by atoms with E-state index in [1.165, 1.54) is 23.1 Å². The van der Waals surface area contributed by atoms with Crippen molar-refractivity contribution in [3.05, 3.63) is 70.3 Å². The summed E-state index contributed by atoms with van der Waals surface area (Å²) < 4.78 is 0. The number of hydrogen-bond donors (Lipinski definition) is 2. The summed E-state index contributed by atoms with van der Waals surface area (Å²) in [6, 6.07) is 13.7. The lowest BCUT2D eigenvalue weighted by atomic mass is 10.0. The third-order valence-corrected chi connectivity index (χ3v) is 3.70. The van der Waals surface area contributed by atoms with Crippen LogP contribution in [0.4, 0.5) is 16.2 Å². The molecule has 0 aliphatic heterocycles. The van der Waals surface area contributed by atoms with Crippen molar-refractivity contribution < 1.29 is 14.5 Å². The first-order valence-corrected chi connectivity index (χ1v) is 7.94. The van der Waals surface area contributed by atoms with Crippen LogP contribution < -0.4 is 10.6 Å². The first-order valence-electron chi connectivity index (χ1n) is 7.94. The number of amides is 3. The summed E-state index contributed by atoms with van der Waals surface area (Å²) >= 11 is 0. The third kappa shape index (κ3) is 5.30. The summed E-state index contributed by atoms with van der Waals surface area (Å²) in [5.41, 5.74) is 0.963. The monoisotopic (exact) mass is 356 g/mol. The topological polar surface area (TPSA) is 105 Å². The largest absolute Gasteiger partial charge is 0.349 e. The van der Waals surface area contributed by atoms with Crippen molar-refractivity contribution in [2.75, 3.05) is 19.4 Å². The highest BCUT2D eigenvalue weighted by molar-refractivity contribution is 5.90. The Morgan fingerprint density at radius 3 is 2.42 bits per heavy atom. The van der Waals surface area contributed by atoms with E-state index >= 15 is 0 Å². The molecule has 2 N–H and O–H groups in total. The minimum atomic E-state index is -0.550. The number of nitrogens with one attached hydrogen (secondary N) is 2. The van der Waals surface area contributed by atoms with Gasteiger partial charge in [-0.1, -0.05) is 36.4 Å². The van der Waals surface area contributed by atoms with Crippen LogP contribution in [0.3, 0.4) is 0 Å². The molecule has 0 radical (unpaired) electrons. The Morgan fingerprint density at radius 1 is 1.12 bits per heavy atom. The van der Waals surface area contributed by atoms with E-state index in [0.717, 1.165) is 5.56 Å². The molecule has 0 spiro atoms. The van der Waals surface area contributed by atoms with E-state index in [4.69, 9.17) is 0 Å². The molecule has 0 saturated heterocycles. The van der Waals surface area contributed by atoms with Crippen LogP contribution in [-0.2, 0) is 4.79 Å². The number of hydrogen-bond acceptors (Lipinski definition) is 4. The third-order valence-electron chi connectivity index (χ3n) is 3.70. The molecule has 2 aromatic carbocycles. The minimum absolute atomic E-state index is 0.0966. The van der Waals surface area contributed by atoms with E-state index < -0.39 is 17.0 Å². The van der Waals surface area contributed by atoms with Crippen LogP contribution >= 0.6 is 0 Å². The zero-order chi connectivity index (χ0) is 19.1. The van der Waals surface area contributed by atoms with Crippen molar-refractivity contribution in [2.45, 2.75) is 12.5 Å². The fraction of sp³-hybridized carbons (Fsp3) is 0.222. The van der Waals surface area contributed by atoms with Crippen LogP contribution in [0.25, 0.3) is 0 Å². The number of anilines is 1. The molecule has 0 aromatic heterocycles. The fourth-order valence-electron chi connectivity index (χ4n) is 2.32. The van der Waals surface area contributed by atoms with Gasteiger partial charge in [-0.3, -0.25) is 14.9 Å². The molecule has 8 nitrogen and oxygen atoms in total. The minimum Gasteiger partial charge on any atom is -0.349 e. The number of urea groups is 1. The Hall–Kier alpha value is -3.42. The normalized spacial score (nSPS) is 11.3. The highest BCUT2D eigenvalue weighted by atomic mass is 16.6. The van der Waals surface area contributed by atoms with Crippen LogP contribution in [0.15, 0.2) is 54.6 Å². The van der Waals surface area contributed by atoms with E-state index in [0.29, 0.717) is 5.69 Å². The Labute approximate surface area is 151 Å². The number of carbonyl (C=O) groups is 2. The van der Waals surface area contributed by atoms with Gasteiger partial charge in [-0.25, -0.2) is 4.79 Å². The zero-order valence-corrected chi connectivity index (χ0v) is 14.5. The molecular weight excluding hydrogens is 336 g/mol. The van der Waals surface area contributed by atoms with Gasteiger partial charge in [0.25, 0.3) is 5.69 Å². The van der Waals surface area contributed by atoms with Gasteiger partial charge in [0.15, 0.2) is 0 Å². The van der Waals surface area contributed by atoms with Crippen molar-refractivity contribution in [2.24, 2.45) is 0 Å². The molecule has 3 amide bonds. The summed E-state index contributed by atoms with van der Waals surface area (Å²) in [5.74, 6) is -0.130. The van der Waals surface area contributed by atoms with Crippen LogP contribution in [0, 0.1) is 10.1 Å². The SMILES string of the molecule is CN(C)C(=O)C[C@H](NC(=O)Nc1cccc([N+](=O)[O-])c1)c1ccccc1. The maximum atomic E-state index is 12.3. The summed E-state index contributed by atoms with van der Waals surface area (Å²) in [4.78, 5) is 36.1. The highest BCUT2D eigenvalue weighted by Gasteiger charge is 2.19. The smallest absolute Gasteiger partial charge is 0.319 e. The van der Waals surface area contributed by atoms with Crippen LogP contribution in [0.1, 0.15) is 18.0 Å². The van der Waals surface area contributed by atoms with Crippen LogP contribution in [0.5, 0.6) is 0 Å². The van der Waals surface area contributed by atoms with Gasteiger partial charge < -0.3 is 15.5 Å². The molecule has 136 valence electrons. The van der Waals surface area contributed by atoms with Gasteiger partial charge in [0.05, 0.1) is 17.4 Å². The summed E-state index contributed by atoms with van der Waals surface area (Å²) in [6.07, 6.45) is 0.0966. The van der Waals surface area contributed by atoms with Gasteiger partial charge in [0.1, 0.15) is 0 Å². The Bertz CT molecular complexity index is 793. The van der Waals surface area contributed by atoms with E-state index in [1.807, 2.05) is 30.3 Å². The second-order valence-electron chi connectivity index (χ2n) is 5.86. The van der Waals surface area contributed by atoms with Crippen molar-refractivity contribution in [3.63, 3.8) is 0 Å². The number of benzene rings is 2. The molecule has 2 aromatic rings. The first-order chi connectivity index (χ1) is 12.4. The molecule has 26 heavy (non-hydrogen) atoms. The Kier molecular flexibility index (Phi) is 6.26. The average Bonchev–Trinajstić information content (AvgIpc) is 2.61. The van der Waals surface area contributed by atoms with Crippen molar-refractivity contribution in [1.82, 2.24) is 10.2 Å². The van der Waals surface area contributed by atoms with Crippen LogP contribution in [0.2, 0.25) is 0 Å². The molecule has 1 atom stereocenters. The molecule has 0 aliphatic rings. The van der Waals surface area contributed by atoms with Gasteiger partial charge in [-0.2, -0.15) is 0 Å². The predicted molar refractivity (Wildman–Crippen MR) is 97.7 cm³/mol. The molecule has 0 unspecified atom stereocenters. The first kappa shape index (κ1) is 18.9. The number of nitro groups is 1.